The number of amides is 2. The van der Waals surface area contributed by atoms with Crippen molar-refractivity contribution in [1.82, 2.24) is 4.90 Å². The Labute approximate surface area is 238 Å². The first kappa shape index (κ1) is 30.0. The lowest BCUT2D eigenvalue weighted by Gasteiger charge is -2.41. The topological polar surface area (TPSA) is 96.4 Å². The molecule has 8 heteroatoms. The van der Waals surface area contributed by atoms with Crippen LogP contribution in [0.15, 0.2) is 43.5 Å². The minimum Gasteiger partial charge on any atom is -0.461 e. The number of aryl methyl sites for hydroxylation is 2. The van der Waals surface area contributed by atoms with E-state index in [0.29, 0.717) is 25.7 Å². The van der Waals surface area contributed by atoms with Gasteiger partial charge in [0.15, 0.2) is 0 Å². The van der Waals surface area contributed by atoms with E-state index in [1.807, 2.05) is 52.8 Å². The van der Waals surface area contributed by atoms with Crippen LogP contribution in [0.5, 0.6) is 0 Å². The van der Waals surface area contributed by atoms with Crippen LogP contribution in [0.4, 0.5) is 5.69 Å². The minimum absolute atomic E-state index is 0.0288. The Morgan fingerprint density at radius 2 is 1.98 bits per heavy atom. The summed E-state index contributed by atoms with van der Waals surface area (Å²) in [5.41, 5.74) is 0.551. The maximum absolute atomic E-state index is 14.8. The summed E-state index contributed by atoms with van der Waals surface area (Å²) in [5, 5.41) is 10.6. The summed E-state index contributed by atoms with van der Waals surface area (Å²) in [4.78, 5) is 46.1. The molecule has 218 valence electrons. The quantitative estimate of drug-likeness (QED) is 0.310. The second-order valence-electron chi connectivity index (χ2n) is 11.7. The van der Waals surface area contributed by atoms with Crippen LogP contribution in [0, 0.1) is 31.6 Å². The molecule has 0 aliphatic carbocycles. The van der Waals surface area contributed by atoms with Crippen LogP contribution in [-0.2, 0) is 23.9 Å². The van der Waals surface area contributed by atoms with Gasteiger partial charge in [0.05, 0.1) is 24.2 Å². The molecule has 1 N–H and O–H groups in total. The zero-order chi connectivity index (χ0) is 29.4. The van der Waals surface area contributed by atoms with Crippen molar-refractivity contribution in [1.29, 1.82) is 0 Å². The smallest absolute Gasteiger partial charge is 0.313 e. The van der Waals surface area contributed by atoms with Gasteiger partial charge in [-0.25, -0.2) is 0 Å². The second-order valence-corrected chi connectivity index (χ2v) is 11.7. The van der Waals surface area contributed by atoms with E-state index in [0.717, 1.165) is 16.8 Å². The Balaban J connectivity index is 1.90. The van der Waals surface area contributed by atoms with E-state index in [2.05, 4.69) is 13.2 Å². The Morgan fingerprint density at radius 3 is 2.58 bits per heavy atom. The predicted molar refractivity (Wildman–Crippen MR) is 154 cm³/mol. The monoisotopic (exact) mass is 552 g/mol. The Bertz CT molecular complexity index is 1180. The van der Waals surface area contributed by atoms with Crippen LogP contribution in [0.3, 0.4) is 0 Å². The zero-order valence-electron chi connectivity index (χ0n) is 24.5. The van der Waals surface area contributed by atoms with Crippen molar-refractivity contribution in [3.8, 4) is 0 Å². The number of hydrogen-bond donors (Lipinski definition) is 1. The summed E-state index contributed by atoms with van der Waals surface area (Å²) in [6.07, 6.45) is 5.38. The number of hydrogen-bond acceptors (Lipinski definition) is 6. The van der Waals surface area contributed by atoms with E-state index in [1.165, 1.54) is 6.08 Å². The van der Waals surface area contributed by atoms with E-state index in [4.69, 9.17) is 9.47 Å². The van der Waals surface area contributed by atoms with Gasteiger partial charge in [-0.1, -0.05) is 58.1 Å². The SMILES string of the molecule is C=CCOC(=O)[C@@H]1[C@H]2C(=O)N([C@@H](CO)[C@@H](C)CC)C(C(=O)N(CC=C)c3cc(C)ccc3C)C23CC[C@@]1(CC)O3. The average Bonchev–Trinajstić information content (AvgIpc) is 3.55. The van der Waals surface area contributed by atoms with E-state index in [9.17, 15) is 19.5 Å². The standard InChI is InChI=1S/C32H44N2O6/c1-8-16-33(23-18-20(5)12-13-22(23)7)29(37)27-32-15-14-31(11-4,40-32)26(30(38)39-17-9-2)25(32)28(36)34(27)24(19-35)21(6)10-3/h8-9,12-13,18,21,24-27,35H,1-2,10-11,14-17,19H2,3-7H3/t21-,24-,25-,26-,27?,31+,32?/m0/s1. The fourth-order valence-electron chi connectivity index (χ4n) is 7.29. The molecule has 7 atom stereocenters. The van der Waals surface area contributed by atoms with E-state index in [1.54, 1.807) is 15.9 Å². The summed E-state index contributed by atoms with van der Waals surface area (Å²) in [6.45, 7) is 17.3. The highest BCUT2D eigenvalue weighted by Gasteiger charge is 2.79. The Kier molecular flexibility index (Phi) is 8.62. The molecule has 0 radical (unpaired) electrons. The van der Waals surface area contributed by atoms with Crippen LogP contribution in [0.25, 0.3) is 0 Å². The normalized spacial score (nSPS) is 30.1. The highest BCUT2D eigenvalue weighted by Crippen LogP contribution is 2.65. The maximum atomic E-state index is 14.8. The summed E-state index contributed by atoms with van der Waals surface area (Å²) in [5.74, 6) is -2.93. The van der Waals surface area contributed by atoms with Gasteiger partial charge >= 0.3 is 5.97 Å². The molecule has 3 saturated heterocycles. The largest absolute Gasteiger partial charge is 0.461 e. The van der Waals surface area contributed by atoms with Crippen molar-refractivity contribution in [2.24, 2.45) is 17.8 Å². The van der Waals surface area contributed by atoms with Gasteiger partial charge in [0.25, 0.3) is 5.91 Å². The molecular weight excluding hydrogens is 508 g/mol. The van der Waals surface area contributed by atoms with Crippen molar-refractivity contribution < 1.29 is 29.0 Å². The highest BCUT2D eigenvalue weighted by molar-refractivity contribution is 6.05. The fourth-order valence-corrected chi connectivity index (χ4v) is 7.29. The lowest BCUT2D eigenvalue weighted by Crippen LogP contribution is -2.60. The van der Waals surface area contributed by atoms with Crippen LogP contribution in [0.1, 0.15) is 57.6 Å². The molecule has 40 heavy (non-hydrogen) atoms. The molecule has 2 unspecified atom stereocenters. The highest BCUT2D eigenvalue weighted by atomic mass is 16.6. The second kappa shape index (κ2) is 11.5. The third-order valence-corrected chi connectivity index (χ3v) is 9.53. The van der Waals surface area contributed by atoms with Crippen LogP contribution < -0.4 is 4.90 Å². The number of aliphatic hydroxyl groups excluding tert-OH is 1. The number of aliphatic hydroxyl groups is 1. The van der Waals surface area contributed by atoms with Gasteiger partial charge in [0, 0.05) is 12.2 Å². The van der Waals surface area contributed by atoms with Crippen molar-refractivity contribution in [2.75, 3.05) is 24.7 Å². The van der Waals surface area contributed by atoms with Gasteiger partial charge in [-0.3, -0.25) is 14.4 Å². The van der Waals surface area contributed by atoms with Gasteiger partial charge in [-0.15, -0.1) is 6.58 Å². The molecule has 1 aromatic rings. The Morgan fingerprint density at radius 1 is 1.25 bits per heavy atom. The molecule has 0 aromatic heterocycles. The first-order valence-corrected chi connectivity index (χ1v) is 14.5. The summed E-state index contributed by atoms with van der Waals surface area (Å²) in [6, 6.07) is 4.30. The molecule has 3 heterocycles. The van der Waals surface area contributed by atoms with Gasteiger partial charge in [0.1, 0.15) is 24.2 Å². The number of esters is 1. The number of ether oxygens (including phenoxy) is 2. The number of carbonyl (C=O) groups excluding carboxylic acids is 3. The Hall–Kier alpha value is -2.97. The van der Waals surface area contributed by atoms with E-state index < -0.39 is 41.1 Å². The van der Waals surface area contributed by atoms with Crippen LogP contribution >= 0.6 is 0 Å². The molecule has 2 amide bonds. The van der Waals surface area contributed by atoms with Crippen molar-refractivity contribution in [3.05, 3.63) is 54.6 Å². The van der Waals surface area contributed by atoms with Crippen molar-refractivity contribution >= 4 is 23.5 Å². The molecule has 1 aromatic carbocycles. The predicted octanol–water partition coefficient (Wildman–Crippen LogP) is 4.11. The third-order valence-electron chi connectivity index (χ3n) is 9.53. The zero-order valence-corrected chi connectivity index (χ0v) is 24.5. The first-order chi connectivity index (χ1) is 19.1. The van der Waals surface area contributed by atoms with Gasteiger partial charge in [-0.05, 0) is 56.2 Å². The molecule has 2 bridgehead atoms. The summed E-state index contributed by atoms with van der Waals surface area (Å²) in [7, 11) is 0. The summed E-state index contributed by atoms with van der Waals surface area (Å²) >= 11 is 0. The van der Waals surface area contributed by atoms with Crippen LogP contribution in [-0.4, -0.2) is 70.8 Å². The van der Waals surface area contributed by atoms with E-state index >= 15 is 0 Å². The molecule has 3 aliphatic rings. The van der Waals surface area contributed by atoms with Gasteiger partial charge in [0.2, 0.25) is 5.91 Å². The number of carbonyl (C=O) groups is 3. The number of nitrogens with zero attached hydrogens (tertiary/aromatic N) is 2. The molecule has 3 aliphatic heterocycles. The number of anilines is 1. The molecular formula is C32H44N2O6. The maximum Gasteiger partial charge on any atom is 0.313 e. The first-order valence-electron chi connectivity index (χ1n) is 14.5. The van der Waals surface area contributed by atoms with E-state index in [-0.39, 0.29) is 37.5 Å². The summed E-state index contributed by atoms with van der Waals surface area (Å²) < 4.78 is 12.4. The van der Waals surface area contributed by atoms with Gasteiger partial charge in [-0.2, -0.15) is 0 Å². The number of fused-ring (bicyclic) bond motifs is 1. The average molecular weight is 553 g/mol. The van der Waals surface area contributed by atoms with Crippen LogP contribution in [0.2, 0.25) is 0 Å². The van der Waals surface area contributed by atoms with Crippen molar-refractivity contribution in [3.63, 3.8) is 0 Å². The number of benzene rings is 1. The number of rotatable bonds is 12. The molecule has 0 saturated carbocycles. The van der Waals surface area contributed by atoms with Crippen molar-refractivity contribution in [2.45, 2.75) is 83.6 Å². The van der Waals surface area contributed by atoms with Gasteiger partial charge < -0.3 is 24.4 Å². The minimum atomic E-state index is -1.21. The molecule has 1 spiro atoms. The lowest BCUT2D eigenvalue weighted by atomic mass is 9.65. The molecule has 3 fully saturated rings. The lowest BCUT2D eigenvalue weighted by molar-refractivity contribution is -0.161. The molecule has 4 rings (SSSR count). The fraction of sp³-hybridized carbons (Fsp3) is 0.594. The molecule has 8 nitrogen and oxygen atoms in total. The number of likely N-dealkylation sites (tertiary alicyclic amines) is 1. The third kappa shape index (κ3) is 4.49.